The highest BCUT2D eigenvalue weighted by Crippen LogP contribution is 2.27. The summed E-state index contributed by atoms with van der Waals surface area (Å²) in [5, 5.41) is 3.80. The van der Waals surface area contributed by atoms with Gasteiger partial charge < -0.3 is 5.32 Å². The van der Waals surface area contributed by atoms with Crippen LogP contribution in [-0.2, 0) is 17.6 Å². The normalized spacial score (nSPS) is 10.8. The van der Waals surface area contributed by atoms with Gasteiger partial charge in [-0.25, -0.2) is 4.98 Å². The topological polar surface area (TPSA) is 42.0 Å². The Hall–Kier alpha value is -2.68. The molecule has 0 fully saturated rings. The van der Waals surface area contributed by atoms with E-state index < -0.39 is 0 Å². The fourth-order valence-corrected chi connectivity index (χ4v) is 3.05. The van der Waals surface area contributed by atoms with Gasteiger partial charge >= 0.3 is 0 Å². The number of aryl methyl sites for hydroxylation is 2. The molecule has 0 radical (unpaired) electrons. The molecule has 0 bridgehead atoms. The summed E-state index contributed by atoms with van der Waals surface area (Å²) in [6.45, 7) is 4.27. The molecule has 0 aliphatic carbocycles. The number of carbonyl (C=O) groups is 1. The number of nitrogens with zero attached hydrogens (tertiary/aromatic N) is 1. The summed E-state index contributed by atoms with van der Waals surface area (Å²) in [4.78, 5) is 16.5. The molecule has 2 aromatic carbocycles. The summed E-state index contributed by atoms with van der Waals surface area (Å²) in [5.74, 6) is 0.0126. The summed E-state index contributed by atoms with van der Waals surface area (Å²) in [7, 11) is 1.66. The van der Waals surface area contributed by atoms with Gasteiger partial charge in [-0.3, -0.25) is 4.79 Å². The van der Waals surface area contributed by atoms with Crippen LogP contribution < -0.4 is 5.32 Å². The second-order valence-corrected chi connectivity index (χ2v) is 6.04. The molecule has 3 nitrogen and oxygen atoms in total. The molecule has 0 unspecified atom stereocenters. The third-order valence-corrected chi connectivity index (χ3v) is 4.40. The summed E-state index contributed by atoms with van der Waals surface area (Å²) in [6.07, 6.45) is 1.36. The van der Waals surface area contributed by atoms with Crippen molar-refractivity contribution in [2.45, 2.75) is 26.7 Å². The largest absolute Gasteiger partial charge is 0.359 e. The molecule has 3 rings (SSSR count). The molecule has 122 valence electrons. The third kappa shape index (κ3) is 3.16. The van der Waals surface area contributed by atoms with Crippen LogP contribution in [0.1, 0.15) is 23.6 Å². The Morgan fingerprint density at radius 1 is 1.12 bits per heavy atom. The molecule has 24 heavy (non-hydrogen) atoms. The SMILES string of the molecule is CCc1ccccc1-c1cc(C)c2ccc(CC(=O)NC)cc2n1. The van der Waals surface area contributed by atoms with Crippen molar-refractivity contribution in [2.24, 2.45) is 0 Å². The highest BCUT2D eigenvalue weighted by atomic mass is 16.1. The lowest BCUT2D eigenvalue weighted by molar-refractivity contribution is -0.119. The van der Waals surface area contributed by atoms with Crippen LogP contribution in [0.5, 0.6) is 0 Å². The van der Waals surface area contributed by atoms with Crippen molar-refractivity contribution >= 4 is 16.8 Å². The number of benzene rings is 2. The van der Waals surface area contributed by atoms with Gasteiger partial charge in [-0.15, -0.1) is 0 Å². The maximum absolute atomic E-state index is 11.6. The van der Waals surface area contributed by atoms with E-state index in [2.05, 4.69) is 55.6 Å². The number of hydrogen-bond donors (Lipinski definition) is 1. The van der Waals surface area contributed by atoms with Crippen LogP contribution in [0.15, 0.2) is 48.5 Å². The first-order valence-electron chi connectivity index (χ1n) is 8.31. The van der Waals surface area contributed by atoms with Gasteiger partial charge in [0.05, 0.1) is 17.6 Å². The van der Waals surface area contributed by atoms with E-state index in [1.54, 1.807) is 7.05 Å². The van der Waals surface area contributed by atoms with Crippen molar-refractivity contribution in [3.63, 3.8) is 0 Å². The minimum atomic E-state index is 0.0126. The molecular weight excluding hydrogens is 296 g/mol. The second kappa shape index (κ2) is 6.83. The van der Waals surface area contributed by atoms with E-state index in [0.29, 0.717) is 6.42 Å². The van der Waals surface area contributed by atoms with Gasteiger partial charge in [0, 0.05) is 18.0 Å². The monoisotopic (exact) mass is 318 g/mol. The lowest BCUT2D eigenvalue weighted by Gasteiger charge is -2.11. The van der Waals surface area contributed by atoms with Gasteiger partial charge in [0.1, 0.15) is 0 Å². The number of hydrogen-bond acceptors (Lipinski definition) is 2. The van der Waals surface area contributed by atoms with Crippen molar-refractivity contribution in [1.29, 1.82) is 0 Å². The van der Waals surface area contributed by atoms with Gasteiger partial charge in [0.25, 0.3) is 0 Å². The average Bonchev–Trinajstić information content (AvgIpc) is 2.61. The molecule has 1 aromatic heterocycles. The molecule has 0 saturated heterocycles. The first kappa shape index (κ1) is 16.2. The fraction of sp³-hybridized carbons (Fsp3) is 0.238. The number of carbonyl (C=O) groups excluding carboxylic acids is 1. The maximum Gasteiger partial charge on any atom is 0.224 e. The standard InChI is InChI=1S/C21H22N2O/c1-4-16-7-5-6-8-18(16)19-11-14(2)17-10-9-15(12-20(17)23-19)13-21(24)22-3/h5-12H,4,13H2,1-3H3,(H,22,24). The number of likely N-dealkylation sites (N-methyl/N-ethyl adjacent to an activating group) is 1. The minimum Gasteiger partial charge on any atom is -0.359 e. The van der Waals surface area contributed by atoms with Crippen LogP contribution in [0.4, 0.5) is 0 Å². The highest BCUT2D eigenvalue weighted by Gasteiger charge is 2.09. The smallest absolute Gasteiger partial charge is 0.224 e. The Balaban J connectivity index is 2.12. The molecule has 1 amide bonds. The lowest BCUT2D eigenvalue weighted by Crippen LogP contribution is -2.19. The number of fused-ring (bicyclic) bond motifs is 1. The van der Waals surface area contributed by atoms with Crippen molar-refractivity contribution < 1.29 is 4.79 Å². The van der Waals surface area contributed by atoms with Gasteiger partial charge in [-0.2, -0.15) is 0 Å². The Morgan fingerprint density at radius 2 is 1.92 bits per heavy atom. The van der Waals surface area contributed by atoms with E-state index in [4.69, 9.17) is 4.98 Å². The molecule has 3 aromatic rings. The Labute approximate surface area is 142 Å². The number of rotatable bonds is 4. The molecule has 0 atom stereocenters. The van der Waals surface area contributed by atoms with E-state index in [-0.39, 0.29) is 5.91 Å². The summed E-state index contributed by atoms with van der Waals surface area (Å²) < 4.78 is 0. The van der Waals surface area contributed by atoms with Gasteiger partial charge in [-0.1, -0.05) is 43.3 Å². The van der Waals surface area contributed by atoms with E-state index in [9.17, 15) is 4.79 Å². The first-order chi connectivity index (χ1) is 11.6. The summed E-state index contributed by atoms with van der Waals surface area (Å²) >= 11 is 0. The lowest BCUT2D eigenvalue weighted by atomic mass is 9.99. The van der Waals surface area contributed by atoms with Crippen LogP contribution in [0.2, 0.25) is 0 Å². The Morgan fingerprint density at radius 3 is 2.67 bits per heavy atom. The van der Waals surface area contributed by atoms with Crippen molar-refractivity contribution in [3.8, 4) is 11.3 Å². The highest BCUT2D eigenvalue weighted by molar-refractivity contribution is 5.87. The molecule has 1 N–H and O–H groups in total. The molecular formula is C21H22N2O. The Kier molecular flexibility index (Phi) is 4.61. The maximum atomic E-state index is 11.6. The predicted molar refractivity (Wildman–Crippen MR) is 99.1 cm³/mol. The zero-order chi connectivity index (χ0) is 17.1. The van der Waals surface area contributed by atoms with E-state index in [1.807, 2.05) is 12.1 Å². The van der Waals surface area contributed by atoms with Crippen LogP contribution in [0.3, 0.4) is 0 Å². The predicted octanol–water partition coefficient (Wildman–Crippen LogP) is 4.06. The zero-order valence-corrected chi connectivity index (χ0v) is 14.4. The first-order valence-corrected chi connectivity index (χ1v) is 8.31. The van der Waals surface area contributed by atoms with Crippen LogP contribution in [-0.4, -0.2) is 17.9 Å². The quantitative estimate of drug-likeness (QED) is 0.788. The van der Waals surface area contributed by atoms with Crippen LogP contribution >= 0.6 is 0 Å². The van der Waals surface area contributed by atoms with Crippen molar-refractivity contribution in [1.82, 2.24) is 10.3 Å². The molecule has 0 aliphatic heterocycles. The summed E-state index contributed by atoms with van der Waals surface area (Å²) in [6, 6.07) is 16.6. The molecule has 3 heteroatoms. The van der Waals surface area contributed by atoms with Crippen molar-refractivity contribution in [3.05, 3.63) is 65.2 Å². The van der Waals surface area contributed by atoms with Crippen molar-refractivity contribution in [2.75, 3.05) is 7.05 Å². The number of amides is 1. The minimum absolute atomic E-state index is 0.0126. The van der Waals surface area contributed by atoms with Crippen LogP contribution in [0.25, 0.3) is 22.2 Å². The fourth-order valence-electron chi connectivity index (χ4n) is 3.05. The average molecular weight is 318 g/mol. The van der Waals surface area contributed by atoms with Gasteiger partial charge in [0.2, 0.25) is 5.91 Å². The van der Waals surface area contributed by atoms with E-state index >= 15 is 0 Å². The molecule has 1 heterocycles. The number of nitrogens with one attached hydrogen (secondary N) is 1. The number of aromatic nitrogens is 1. The summed E-state index contributed by atoms with van der Waals surface area (Å²) in [5.41, 5.74) is 6.60. The molecule has 0 aliphatic rings. The number of pyridine rings is 1. The van der Waals surface area contributed by atoms with E-state index in [0.717, 1.165) is 28.6 Å². The Bertz CT molecular complexity index is 899. The second-order valence-electron chi connectivity index (χ2n) is 6.04. The molecule has 0 saturated carbocycles. The zero-order valence-electron chi connectivity index (χ0n) is 14.4. The van der Waals surface area contributed by atoms with Gasteiger partial charge in [0.15, 0.2) is 0 Å². The molecule has 0 spiro atoms. The third-order valence-electron chi connectivity index (χ3n) is 4.40. The van der Waals surface area contributed by atoms with E-state index in [1.165, 1.54) is 16.7 Å². The van der Waals surface area contributed by atoms with Gasteiger partial charge in [-0.05, 0) is 42.2 Å². The van der Waals surface area contributed by atoms with Crippen LogP contribution in [0, 0.1) is 6.92 Å².